The van der Waals surface area contributed by atoms with E-state index in [9.17, 15) is 9.90 Å². The van der Waals surface area contributed by atoms with E-state index < -0.39 is 0 Å². The van der Waals surface area contributed by atoms with Crippen LogP contribution in [0.4, 0.5) is 0 Å². The summed E-state index contributed by atoms with van der Waals surface area (Å²) in [6.45, 7) is 5.20. The van der Waals surface area contributed by atoms with Gasteiger partial charge in [0.1, 0.15) is 10.9 Å². The topological polar surface area (TPSA) is 66.3 Å². The molecule has 1 aliphatic rings. The van der Waals surface area contributed by atoms with Crippen molar-refractivity contribution in [2.24, 2.45) is 5.92 Å². The van der Waals surface area contributed by atoms with E-state index in [2.05, 4.69) is 9.97 Å². The molecule has 1 aromatic rings. The summed E-state index contributed by atoms with van der Waals surface area (Å²) in [5.41, 5.74) is 1.35. The molecule has 1 aromatic heterocycles. The van der Waals surface area contributed by atoms with E-state index in [1.54, 1.807) is 0 Å². The number of aryl methyl sites for hydroxylation is 2. The molecular formula is C14H21N3O2S. The smallest absolute Gasteiger partial charge is 0.258 e. The number of likely N-dealkylation sites (tertiary alicyclic amines) is 1. The Morgan fingerprint density at radius 3 is 2.85 bits per heavy atom. The number of carbonyl (C=O) groups excluding carboxylic acids is 1. The summed E-state index contributed by atoms with van der Waals surface area (Å²) in [5, 5.41) is 10.0. The monoisotopic (exact) mass is 295 g/mol. The molecule has 1 unspecified atom stereocenters. The molecule has 1 N–H and O–H groups in total. The number of thioether (sulfide) groups is 1. The molecule has 2 heterocycles. The number of aliphatic hydroxyl groups excluding tert-OH is 1. The molecule has 5 nitrogen and oxygen atoms in total. The highest BCUT2D eigenvalue weighted by molar-refractivity contribution is 7.98. The first-order valence-corrected chi connectivity index (χ1v) is 8.08. The second-order valence-corrected chi connectivity index (χ2v) is 5.98. The molecule has 0 aliphatic carbocycles. The van der Waals surface area contributed by atoms with Gasteiger partial charge in [-0.2, -0.15) is 0 Å². The number of aliphatic hydroxyl groups is 1. The maximum Gasteiger partial charge on any atom is 0.258 e. The van der Waals surface area contributed by atoms with Crippen LogP contribution in [0.1, 0.15) is 34.7 Å². The van der Waals surface area contributed by atoms with Crippen LogP contribution in [-0.2, 0) is 0 Å². The Labute approximate surface area is 123 Å². The molecule has 20 heavy (non-hydrogen) atoms. The zero-order valence-corrected chi connectivity index (χ0v) is 13.0. The van der Waals surface area contributed by atoms with Gasteiger partial charge in [-0.05, 0) is 38.9 Å². The van der Waals surface area contributed by atoms with Crippen LogP contribution in [0, 0.1) is 19.8 Å². The number of aromatic nitrogens is 2. The molecule has 6 heteroatoms. The van der Waals surface area contributed by atoms with E-state index >= 15 is 0 Å². The van der Waals surface area contributed by atoms with Crippen molar-refractivity contribution < 1.29 is 9.90 Å². The zero-order chi connectivity index (χ0) is 14.7. The maximum absolute atomic E-state index is 12.7. The van der Waals surface area contributed by atoms with Crippen molar-refractivity contribution in [3.05, 3.63) is 17.1 Å². The largest absolute Gasteiger partial charge is 0.396 e. The van der Waals surface area contributed by atoms with Gasteiger partial charge in [0.05, 0.1) is 11.3 Å². The summed E-state index contributed by atoms with van der Waals surface area (Å²) < 4.78 is 0. The lowest BCUT2D eigenvalue weighted by atomic mass is 9.98. The predicted molar refractivity (Wildman–Crippen MR) is 79.0 cm³/mol. The Balaban J connectivity index is 2.29. The summed E-state index contributed by atoms with van der Waals surface area (Å²) in [5.74, 6) is 0.873. The van der Waals surface area contributed by atoms with Crippen molar-refractivity contribution in [2.45, 2.75) is 31.7 Å². The third kappa shape index (κ3) is 3.12. The van der Waals surface area contributed by atoms with Crippen LogP contribution >= 0.6 is 11.8 Å². The van der Waals surface area contributed by atoms with Crippen molar-refractivity contribution in [2.75, 3.05) is 26.0 Å². The molecular weight excluding hydrogens is 274 g/mol. The highest BCUT2D eigenvalue weighted by Gasteiger charge is 2.27. The number of amides is 1. The molecule has 0 bridgehead atoms. The number of hydrogen-bond acceptors (Lipinski definition) is 5. The highest BCUT2D eigenvalue weighted by Crippen LogP contribution is 2.24. The fraction of sp³-hybridized carbons (Fsp3) is 0.643. The predicted octanol–water partition coefficient (Wildman–Crippen LogP) is 1.66. The van der Waals surface area contributed by atoms with Crippen molar-refractivity contribution in [1.29, 1.82) is 0 Å². The Hall–Kier alpha value is -1.14. The average Bonchev–Trinajstić information content (AvgIpc) is 2.45. The number of carbonyl (C=O) groups is 1. The standard InChI is InChI=1S/C14H21N3O2S/c1-9-12(13(20-3)16-10(2)15-9)14(19)17-6-4-5-11(7-17)8-18/h11,18H,4-8H2,1-3H3. The van der Waals surface area contributed by atoms with E-state index in [1.807, 2.05) is 25.0 Å². The van der Waals surface area contributed by atoms with Crippen LogP contribution in [0.5, 0.6) is 0 Å². The van der Waals surface area contributed by atoms with Crippen LogP contribution in [0.25, 0.3) is 0 Å². The van der Waals surface area contributed by atoms with E-state index in [1.165, 1.54) is 11.8 Å². The Bertz CT molecular complexity index is 507. The fourth-order valence-electron chi connectivity index (χ4n) is 2.63. The van der Waals surface area contributed by atoms with Gasteiger partial charge in [-0.15, -0.1) is 11.8 Å². The Morgan fingerprint density at radius 2 is 2.20 bits per heavy atom. The first-order valence-electron chi connectivity index (χ1n) is 6.86. The summed E-state index contributed by atoms with van der Waals surface area (Å²) >= 11 is 1.47. The third-order valence-corrected chi connectivity index (χ3v) is 4.32. The normalized spacial score (nSPS) is 19.2. The SMILES string of the molecule is CSc1nc(C)nc(C)c1C(=O)N1CCCC(CO)C1. The van der Waals surface area contributed by atoms with Gasteiger partial charge < -0.3 is 10.0 Å². The minimum Gasteiger partial charge on any atom is -0.396 e. The van der Waals surface area contributed by atoms with Gasteiger partial charge in [0.25, 0.3) is 5.91 Å². The second kappa shape index (κ2) is 6.54. The van der Waals surface area contributed by atoms with Crippen molar-refractivity contribution in [3.8, 4) is 0 Å². The van der Waals surface area contributed by atoms with E-state index in [0.717, 1.165) is 30.1 Å². The van der Waals surface area contributed by atoms with Crippen LogP contribution in [-0.4, -0.2) is 51.8 Å². The van der Waals surface area contributed by atoms with Crippen molar-refractivity contribution in [1.82, 2.24) is 14.9 Å². The number of piperidine rings is 1. The lowest BCUT2D eigenvalue weighted by Gasteiger charge is -2.32. The van der Waals surface area contributed by atoms with Gasteiger partial charge in [-0.3, -0.25) is 4.79 Å². The lowest BCUT2D eigenvalue weighted by Crippen LogP contribution is -2.41. The maximum atomic E-state index is 12.7. The number of hydrogen-bond donors (Lipinski definition) is 1. The Kier molecular flexibility index (Phi) is 4.99. The molecule has 1 atom stereocenters. The molecule has 1 saturated heterocycles. The van der Waals surface area contributed by atoms with E-state index in [4.69, 9.17) is 0 Å². The fourth-order valence-corrected chi connectivity index (χ4v) is 3.29. The summed E-state index contributed by atoms with van der Waals surface area (Å²) in [6, 6.07) is 0. The molecule has 0 spiro atoms. The second-order valence-electron chi connectivity index (χ2n) is 5.18. The minimum atomic E-state index is -0.00926. The molecule has 110 valence electrons. The summed E-state index contributed by atoms with van der Waals surface area (Å²) in [4.78, 5) is 23.2. The number of rotatable bonds is 3. The van der Waals surface area contributed by atoms with Crippen LogP contribution < -0.4 is 0 Å². The minimum absolute atomic E-state index is 0.00926. The van der Waals surface area contributed by atoms with Gasteiger partial charge in [0, 0.05) is 19.7 Å². The zero-order valence-electron chi connectivity index (χ0n) is 12.2. The lowest BCUT2D eigenvalue weighted by molar-refractivity contribution is 0.0615. The molecule has 1 fully saturated rings. The van der Waals surface area contributed by atoms with E-state index in [-0.39, 0.29) is 18.4 Å². The molecule has 2 rings (SSSR count). The first kappa shape index (κ1) is 15.3. The van der Waals surface area contributed by atoms with Gasteiger partial charge in [-0.25, -0.2) is 9.97 Å². The van der Waals surface area contributed by atoms with Gasteiger partial charge in [0.15, 0.2) is 0 Å². The third-order valence-electron chi connectivity index (χ3n) is 3.64. The number of nitrogens with zero attached hydrogens (tertiary/aromatic N) is 3. The van der Waals surface area contributed by atoms with Crippen molar-refractivity contribution >= 4 is 17.7 Å². The summed E-state index contributed by atoms with van der Waals surface area (Å²) in [7, 11) is 0. The summed E-state index contributed by atoms with van der Waals surface area (Å²) in [6.07, 6.45) is 3.85. The molecule has 0 aromatic carbocycles. The molecule has 0 saturated carbocycles. The molecule has 1 amide bonds. The molecule has 1 aliphatic heterocycles. The Morgan fingerprint density at radius 1 is 1.45 bits per heavy atom. The van der Waals surface area contributed by atoms with Gasteiger partial charge in [0.2, 0.25) is 0 Å². The van der Waals surface area contributed by atoms with Crippen LogP contribution in [0.2, 0.25) is 0 Å². The van der Waals surface area contributed by atoms with Crippen molar-refractivity contribution in [3.63, 3.8) is 0 Å². The van der Waals surface area contributed by atoms with Gasteiger partial charge >= 0.3 is 0 Å². The van der Waals surface area contributed by atoms with Crippen LogP contribution in [0.15, 0.2) is 5.03 Å². The highest BCUT2D eigenvalue weighted by atomic mass is 32.2. The van der Waals surface area contributed by atoms with E-state index in [0.29, 0.717) is 17.9 Å². The quantitative estimate of drug-likeness (QED) is 0.678. The average molecular weight is 295 g/mol. The van der Waals surface area contributed by atoms with Crippen LogP contribution in [0.3, 0.4) is 0 Å². The molecule has 0 radical (unpaired) electrons. The van der Waals surface area contributed by atoms with Gasteiger partial charge in [-0.1, -0.05) is 0 Å². The first-order chi connectivity index (χ1) is 9.56.